The van der Waals surface area contributed by atoms with E-state index in [1.807, 2.05) is 0 Å². The highest BCUT2D eigenvalue weighted by Crippen LogP contribution is 2.38. The zero-order valence-electron chi connectivity index (χ0n) is 13.5. The fraction of sp³-hybridized carbons (Fsp3) is 0.867. The lowest BCUT2D eigenvalue weighted by Gasteiger charge is -2.31. The molecule has 2 rings (SSSR count). The number of carbonyl (C=O) groups is 2. The Hall–Kier alpha value is -0.850. The van der Waals surface area contributed by atoms with Gasteiger partial charge in [0.25, 0.3) is 0 Å². The topological polar surface area (TPSA) is 70.7 Å². The number of nitrogens with one attached hydrogen (secondary N) is 2. The maximum atomic E-state index is 12.4. The average Bonchev–Trinajstić information content (AvgIpc) is 2.95. The molecule has 0 aromatic heterocycles. The van der Waals surface area contributed by atoms with Crippen LogP contribution in [0.25, 0.3) is 0 Å². The molecule has 2 amide bonds. The highest BCUT2D eigenvalue weighted by molar-refractivity contribution is 5.85. The summed E-state index contributed by atoms with van der Waals surface area (Å²) >= 11 is 0. The van der Waals surface area contributed by atoms with Gasteiger partial charge in [-0.2, -0.15) is 0 Å². The van der Waals surface area contributed by atoms with Gasteiger partial charge in [0.2, 0.25) is 11.8 Å². The van der Waals surface area contributed by atoms with Crippen molar-refractivity contribution in [3.63, 3.8) is 0 Å². The van der Waals surface area contributed by atoms with Gasteiger partial charge in [0.05, 0.1) is 18.6 Å². The normalized spacial score (nSPS) is 23.5. The Labute approximate surface area is 138 Å². The SMILES string of the molecule is CN(C)C(=O)C1(CNC(=O)CC2COCCN2)CCCC1.Cl. The molecule has 2 fully saturated rings. The molecule has 1 aliphatic heterocycles. The second-order valence-corrected chi connectivity index (χ2v) is 6.39. The molecule has 0 radical (unpaired) electrons. The minimum atomic E-state index is -0.393. The van der Waals surface area contributed by atoms with E-state index in [1.165, 1.54) is 0 Å². The van der Waals surface area contributed by atoms with Crippen LogP contribution in [-0.2, 0) is 14.3 Å². The first-order valence-corrected chi connectivity index (χ1v) is 7.83. The number of halogens is 1. The van der Waals surface area contributed by atoms with Gasteiger partial charge in [0.15, 0.2) is 0 Å². The van der Waals surface area contributed by atoms with Gasteiger partial charge in [-0.15, -0.1) is 12.4 Å². The van der Waals surface area contributed by atoms with E-state index in [9.17, 15) is 9.59 Å². The van der Waals surface area contributed by atoms with Crippen molar-refractivity contribution in [3.05, 3.63) is 0 Å². The first kappa shape index (κ1) is 19.2. The maximum Gasteiger partial charge on any atom is 0.230 e. The molecular formula is C15H28ClN3O3. The highest BCUT2D eigenvalue weighted by atomic mass is 35.5. The van der Waals surface area contributed by atoms with Crippen LogP contribution in [0.15, 0.2) is 0 Å². The van der Waals surface area contributed by atoms with E-state index in [1.54, 1.807) is 19.0 Å². The van der Waals surface area contributed by atoms with Crippen LogP contribution in [-0.4, -0.2) is 63.2 Å². The van der Waals surface area contributed by atoms with Crippen molar-refractivity contribution >= 4 is 24.2 Å². The third-order valence-electron chi connectivity index (χ3n) is 4.47. The Morgan fingerprint density at radius 1 is 1.32 bits per heavy atom. The van der Waals surface area contributed by atoms with E-state index in [-0.39, 0.29) is 30.3 Å². The molecule has 0 bridgehead atoms. The molecule has 1 atom stereocenters. The molecule has 128 valence electrons. The summed E-state index contributed by atoms with van der Waals surface area (Å²) in [7, 11) is 3.57. The van der Waals surface area contributed by atoms with Crippen molar-refractivity contribution in [2.45, 2.75) is 38.1 Å². The van der Waals surface area contributed by atoms with Crippen LogP contribution in [0.3, 0.4) is 0 Å². The monoisotopic (exact) mass is 333 g/mol. The van der Waals surface area contributed by atoms with Crippen LogP contribution in [0.4, 0.5) is 0 Å². The third-order valence-corrected chi connectivity index (χ3v) is 4.47. The fourth-order valence-corrected chi connectivity index (χ4v) is 3.31. The predicted molar refractivity (Wildman–Crippen MR) is 87.1 cm³/mol. The number of hydrogen-bond acceptors (Lipinski definition) is 4. The first-order valence-electron chi connectivity index (χ1n) is 7.83. The summed E-state index contributed by atoms with van der Waals surface area (Å²) in [6, 6.07) is 0.0860. The molecule has 0 aromatic rings. The van der Waals surface area contributed by atoms with Crippen LogP contribution in [0.1, 0.15) is 32.1 Å². The van der Waals surface area contributed by atoms with E-state index in [4.69, 9.17) is 4.74 Å². The van der Waals surface area contributed by atoms with E-state index in [0.29, 0.717) is 26.2 Å². The van der Waals surface area contributed by atoms with Gasteiger partial charge in [0, 0.05) is 39.6 Å². The van der Waals surface area contributed by atoms with E-state index >= 15 is 0 Å². The van der Waals surface area contributed by atoms with Crippen LogP contribution in [0.5, 0.6) is 0 Å². The van der Waals surface area contributed by atoms with Crippen molar-refractivity contribution in [1.29, 1.82) is 0 Å². The standard InChI is InChI=1S/C15H27N3O3.ClH/c1-18(2)14(20)15(5-3-4-6-15)11-17-13(19)9-12-10-21-8-7-16-12;/h12,16H,3-11H2,1-2H3,(H,17,19);1H. The Morgan fingerprint density at radius 3 is 2.55 bits per heavy atom. The number of ether oxygens (including phenoxy) is 1. The Morgan fingerprint density at radius 2 is 2.00 bits per heavy atom. The summed E-state index contributed by atoms with van der Waals surface area (Å²) < 4.78 is 5.35. The van der Waals surface area contributed by atoms with E-state index in [2.05, 4.69) is 10.6 Å². The molecule has 1 unspecified atom stereocenters. The zero-order valence-corrected chi connectivity index (χ0v) is 14.3. The zero-order chi connectivity index (χ0) is 15.3. The van der Waals surface area contributed by atoms with Gasteiger partial charge < -0.3 is 20.3 Å². The molecule has 1 saturated carbocycles. The molecule has 1 aliphatic carbocycles. The number of nitrogens with zero attached hydrogens (tertiary/aromatic N) is 1. The molecular weight excluding hydrogens is 306 g/mol. The first-order chi connectivity index (χ1) is 10.0. The lowest BCUT2D eigenvalue weighted by molar-refractivity contribution is -0.139. The third kappa shape index (κ3) is 4.83. The Kier molecular flexibility index (Phi) is 7.59. The van der Waals surface area contributed by atoms with Crippen molar-refractivity contribution < 1.29 is 14.3 Å². The molecule has 1 heterocycles. The number of amides is 2. The summed E-state index contributed by atoms with van der Waals surface area (Å²) in [6.07, 6.45) is 4.28. The summed E-state index contributed by atoms with van der Waals surface area (Å²) in [4.78, 5) is 26.1. The smallest absolute Gasteiger partial charge is 0.230 e. The van der Waals surface area contributed by atoms with Crippen molar-refractivity contribution in [2.24, 2.45) is 5.41 Å². The molecule has 7 heteroatoms. The van der Waals surface area contributed by atoms with Crippen LogP contribution >= 0.6 is 12.4 Å². The summed E-state index contributed by atoms with van der Waals surface area (Å²) in [5.41, 5.74) is -0.393. The second kappa shape index (κ2) is 8.70. The van der Waals surface area contributed by atoms with Gasteiger partial charge in [-0.05, 0) is 12.8 Å². The summed E-state index contributed by atoms with van der Waals surface area (Å²) in [6.45, 7) is 2.53. The van der Waals surface area contributed by atoms with Gasteiger partial charge in [0.1, 0.15) is 0 Å². The van der Waals surface area contributed by atoms with Crippen molar-refractivity contribution in [2.75, 3.05) is 40.4 Å². The van der Waals surface area contributed by atoms with E-state index < -0.39 is 5.41 Å². The predicted octanol–water partition coefficient (Wildman–Crippen LogP) is 0.552. The number of carbonyl (C=O) groups excluding carboxylic acids is 2. The average molecular weight is 334 g/mol. The number of rotatable bonds is 5. The molecule has 22 heavy (non-hydrogen) atoms. The number of morpholine rings is 1. The minimum Gasteiger partial charge on any atom is -0.378 e. The minimum absolute atomic E-state index is 0. The molecule has 6 nitrogen and oxygen atoms in total. The molecule has 2 aliphatic rings. The largest absolute Gasteiger partial charge is 0.378 e. The van der Waals surface area contributed by atoms with Crippen LogP contribution in [0, 0.1) is 5.41 Å². The van der Waals surface area contributed by atoms with Crippen LogP contribution in [0.2, 0.25) is 0 Å². The summed E-state index contributed by atoms with van der Waals surface area (Å²) in [5, 5.41) is 6.23. The quantitative estimate of drug-likeness (QED) is 0.771. The Balaban J connectivity index is 0.00000242. The van der Waals surface area contributed by atoms with Gasteiger partial charge in [-0.3, -0.25) is 9.59 Å². The molecule has 2 N–H and O–H groups in total. The second-order valence-electron chi connectivity index (χ2n) is 6.39. The lowest BCUT2D eigenvalue weighted by Crippen LogP contribution is -2.48. The van der Waals surface area contributed by atoms with Crippen molar-refractivity contribution in [3.8, 4) is 0 Å². The Bertz CT molecular complexity index is 378. The molecule has 1 saturated heterocycles. The van der Waals surface area contributed by atoms with Crippen LogP contribution < -0.4 is 10.6 Å². The molecule has 0 aromatic carbocycles. The van der Waals surface area contributed by atoms with Crippen molar-refractivity contribution in [1.82, 2.24) is 15.5 Å². The maximum absolute atomic E-state index is 12.4. The summed E-state index contributed by atoms with van der Waals surface area (Å²) in [5.74, 6) is 0.134. The fourth-order valence-electron chi connectivity index (χ4n) is 3.31. The van der Waals surface area contributed by atoms with Gasteiger partial charge in [-0.25, -0.2) is 0 Å². The molecule has 0 spiro atoms. The van der Waals surface area contributed by atoms with Gasteiger partial charge in [-0.1, -0.05) is 12.8 Å². The van der Waals surface area contributed by atoms with Gasteiger partial charge >= 0.3 is 0 Å². The van der Waals surface area contributed by atoms with E-state index in [0.717, 1.165) is 32.2 Å². The highest BCUT2D eigenvalue weighted by Gasteiger charge is 2.42. The lowest BCUT2D eigenvalue weighted by atomic mass is 9.84. The number of hydrogen-bond donors (Lipinski definition) is 2.